The summed E-state index contributed by atoms with van der Waals surface area (Å²) in [7, 11) is 0. The number of aromatic nitrogens is 4. The van der Waals surface area contributed by atoms with Gasteiger partial charge < -0.3 is 5.11 Å². The van der Waals surface area contributed by atoms with Gasteiger partial charge in [-0.1, -0.05) is 42.1 Å². The molecule has 2 heterocycles. The second-order valence-electron chi connectivity index (χ2n) is 5.61. The predicted molar refractivity (Wildman–Crippen MR) is 95.8 cm³/mol. The number of rotatable bonds is 7. The lowest BCUT2D eigenvalue weighted by Gasteiger charge is -2.10. The van der Waals surface area contributed by atoms with E-state index in [-0.39, 0.29) is 6.10 Å². The fraction of sp³-hybridized carbons (Fsp3) is 0.278. The van der Waals surface area contributed by atoms with Gasteiger partial charge in [0, 0.05) is 23.7 Å². The highest BCUT2D eigenvalue weighted by atomic mass is 32.2. The Kier molecular flexibility index (Phi) is 5.61. The zero-order valence-corrected chi connectivity index (χ0v) is 14.4. The van der Waals surface area contributed by atoms with Gasteiger partial charge in [0.05, 0.1) is 12.6 Å². The summed E-state index contributed by atoms with van der Waals surface area (Å²) in [6.07, 6.45) is 3.97. The smallest absolute Gasteiger partial charge is 0.191 e. The molecule has 0 saturated carbocycles. The monoisotopic (exact) mass is 340 g/mol. The van der Waals surface area contributed by atoms with Crippen molar-refractivity contribution in [3.05, 3.63) is 60.4 Å². The molecule has 1 N–H and O–H groups in total. The largest absolute Gasteiger partial charge is 0.393 e. The van der Waals surface area contributed by atoms with Crippen LogP contribution in [-0.2, 0) is 6.54 Å². The molecule has 124 valence electrons. The Labute approximate surface area is 145 Å². The van der Waals surface area contributed by atoms with Gasteiger partial charge in [0.25, 0.3) is 0 Å². The fourth-order valence-corrected chi connectivity index (χ4v) is 3.38. The Morgan fingerprint density at radius 1 is 1.12 bits per heavy atom. The van der Waals surface area contributed by atoms with Gasteiger partial charge in [0.15, 0.2) is 11.0 Å². The van der Waals surface area contributed by atoms with E-state index in [4.69, 9.17) is 0 Å². The second kappa shape index (κ2) is 8.08. The summed E-state index contributed by atoms with van der Waals surface area (Å²) in [6.45, 7) is 2.51. The van der Waals surface area contributed by atoms with Gasteiger partial charge in [0.1, 0.15) is 0 Å². The topological polar surface area (TPSA) is 63.8 Å². The number of pyridine rings is 1. The average Bonchev–Trinajstić information content (AvgIpc) is 2.99. The van der Waals surface area contributed by atoms with Crippen LogP contribution in [0, 0.1) is 0 Å². The van der Waals surface area contributed by atoms with Crippen LogP contribution in [0.2, 0.25) is 0 Å². The van der Waals surface area contributed by atoms with E-state index in [1.54, 1.807) is 31.1 Å². The van der Waals surface area contributed by atoms with Crippen LogP contribution in [0.5, 0.6) is 0 Å². The minimum atomic E-state index is -0.305. The number of hydrogen-bond acceptors (Lipinski definition) is 5. The van der Waals surface area contributed by atoms with Crippen molar-refractivity contribution in [2.24, 2.45) is 0 Å². The summed E-state index contributed by atoms with van der Waals surface area (Å²) in [5.74, 6) is 1.61. The zero-order valence-electron chi connectivity index (χ0n) is 13.5. The van der Waals surface area contributed by atoms with Gasteiger partial charge in [-0.05, 0) is 31.0 Å². The van der Waals surface area contributed by atoms with E-state index in [0.29, 0.717) is 6.54 Å². The molecule has 0 aliphatic carbocycles. The van der Waals surface area contributed by atoms with Crippen molar-refractivity contribution in [3.8, 4) is 11.4 Å². The van der Waals surface area contributed by atoms with Crippen LogP contribution in [0.4, 0.5) is 0 Å². The highest BCUT2D eigenvalue weighted by molar-refractivity contribution is 7.99. The lowest BCUT2D eigenvalue weighted by atomic mass is 10.2. The summed E-state index contributed by atoms with van der Waals surface area (Å²) in [5, 5.41) is 19.0. The van der Waals surface area contributed by atoms with E-state index >= 15 is 0 Å². The molecule has 1 atom stereocenters. The Hall–Kier alpha value is -2.18. The molecule has 0 bridgehead atoms. The zero-order chi connectivity index (χ0) is 16.8. The first-order chi connectivity index (χ1) is 11.7. The van der Waals surface area contributed by atoms with Crippen LogP contribution in [0.3, 0.4) is 0 Å². The van der Waals surface area contributed by atoms with Crippen LogP contribution in [-0.4, -0.2) is 36.7 Å². The van der Waals surface area contributed by atoms with Gasteiger partial charge in [-0.2, -0.15) is 0 Å². The van der Waals surface area contributed by atoms with Gasteiger partial charge in [-0.3, -0.25) is 9.55 Å². The molecule has 0 radical (unpaired) electrons. The Morgan fingerprint density at radius 3 is 2.67 bits per heavy atom. The van der Waals surface area contributed by atoms with E-state index in [1.807, 2.05) is 30.3 Å². The highest BCUT2D eigenvalue weighted by Gasteiger charge is 2.15. The molecule has 0 unspecified atom stereocenters. The molecule has 1 aromatic carbocycles. The lowest BCUT2D eigenvalue weighted by molar-refractivity contribution is 0.192. The molecule has 6 heteroatoms. The summed E-state index contributed by atoms with van der Waals surface area (Å²) in [4.78, 5) is 4.18. The third-order valence-corrected chi connectivity index (χ3v) is 4.59. The minimum Gasteiger partial charge on any atom is -0.393 e. The van der Waals surface area contributed by atoms with Crippen molar-refractivity contribution in [1.29, 1.82) is 0 Å². The number of thioether (sulfide) groups is 1. The Balaban J connectivity index is 1.90. The second-order valence-corrected chi connectivity index (χ2v) is 6.67. The normalized spacial score (nSPS) is 12.2. The van der Waals surface area contributed by atoms with Gasteiger partial charge in [0.2, 0.25) is 0 Å². The van der Waals surface area contributed by atoms with Gasteiger partial charge in [-0.25, -0.2) is 0 Å². The molecule has 0 aliphatic heterocycles. The quantitative estimate of drug-likeness (QED) is 0.669. The van der Waals surface area contributed by atoms with Crippen LogP contribution in [0.15, 0.2) is 60.0 Å². The Morgan fingerprint density at radius 2 is 1.96 bits per heavy atom. The van der Waals surface area contributed by atoms with Crippen molar-refractivity contribution in [1.82, 2.24) is 19.7 Å². The van der Waals surface area contributed by atoms with Crippen molar-refractivity contribution in [2.75, 3.05) is 5.75 Å². The summed E-state index contributed by atoms with van der Waals surface area (Å²) >= 11 is 1.62. The molecule has 0 aliphatic rings. The first-order valence-corrected chi connectivity index (χ1v) is 8.91. The van der Waals surface area contributed by atoms with Gasteiger partial charge in [-0.15, -0.1) is 10.2 Å². The third-order valence-electron chi connectivity index (χ3n) is 3.59. The van der Waals surface area contributed by atoms with E-state index < -0.39 is 0 Å². The van der Waals surface area contributed by atoms with Gasteiger partial charge >= 0.3 is 0 Å². The maximum atomic E-state index is 9.45. The fourth-order valence-electron chi connectivity index (χ4n) is 2.33. The van der Waals surface area contributed by atoms with E-state index in [0.717, 1.165) is 28.7 Å². The molecule has 2 aromatic heterocycles. The minimum absolute atomic E-state index is 0.305. The van der Waals surface area contributed by atoms with E-state index in [9.17, 15) is 5.11 Å². The molecule has 3 rings (SSSR count). The van der Waals surface area contributed by atoms with Crippen molar-refractivity contribution < 1.29 is 5.11 Å². The molecule has 0 amide bonds. The average molecular weight is 340 g/mol. The summed E-state index contributed by atoms with van der Waals surface area (Å²) < 4.78 is 2.11. The molecular weight excluding hydrogens is 320 g/mol. The van der Waals surface area contributed by atoms with E-state index in [1.165, 1.54) is 5.56 Å². The van der Waals surface area contributed by atoms with Crippen LogP contribution < -0.4 is 0 Å². The van der Waals surface area contributed by atoms with E-state index in [2.05, 4.69) is 31.9 Å². The predicted octanol–water partition coefficient (Wildman–Crippen LogP) is 3.25. The molecule has 0 fully saturated rings. The highest BCUT2D eigenvalue weighted by Crippen LogP contribution is 2.25. The van der Waals surface area contributed by atoms with Crippen LogP contribution in [0.1, 0.15) is 18.9 Å². The first kappa shape index (κ1) is 16.7. The molecule has 0 spiro atoms. The number of benzene rings is 1. The molecular formula is C18H20N4OS. The lowest BCUT2D eigenvalue weighted by Crippen LogP contribution is -2.05. The maximum absolute atomic E-state index is 9.45. The van der Waals surface area contributed by atoms with Crippen molar-refractivity contribution in [2.45, 2.75) is 31.1 Å². The number of aliphatic hydroxyl groups excluding tert-OH is 1. The number of aliphatic hydroxyl groups is 1. The number of hydrogen-bond donors (Lipinski definition) is 1. The standard InChI is InChI=1S/C18H20N4OS/c1-14(23)9-11-24-18-21-20-17(16-8-5-10-19-12-16)22(18)13-15-6-3-2-4-7-15/h2-8,10,12,14,23H,9,11,13H2,1H3/t14-/m0/s1. The van der Waals surface area contributed by atoms with Crippen molar-refractivity contribution >= 4 is 11.8 Å². The molecule has 5 nitrogen and oxygen atoms in total. The third kappa shape index (κ3) is 4.21. The summed E-state index contributed by atoms with van der Waals surface area (Å²) in [6, 6.07) is 14.2. The van der Waals surface area contributed by atoms with Crippen LogP contribution in [0.25, 0.3) is 11.4 Å². The van der Waals surface area contributed by atoms with Crippen molar-refractivity contribution in [3.63, 3.8) is 0 Å². The Bertz CT molecular complexity index is 759. The maximum Gasteiger partial charge on any atom is 0.191 e. The van der Waals surface area contributed by atoms with Crippen LogP contribution >= 0.6 is 11.8 Å². The molecule has 3 aromatic rings. The molecule has 0 saturated heterocycles. The summed E-state index contributed by atoms with van der Waals surface area (Å²) in [5.41, 5.74) is 2.14. The SMILES string of the molecule is C[C@H](O)CCSc1nnc(-c2cccnc2)n1Cc1ccccc1. The first-order valence-electron chi connectivity index (χ1n) is 7.92. The number of nitrogens with zero attached hydrogens (tertiary/aromatic N) is 4. The molecule has 24 heavy (non-hydrogen) atoms.